The second-order valence-electron chi connectivity index (χ2n) is 5.42. The lowest BCUT2D eigenvalue weighted by molar-refractivity contribution is 0.0779. The minimum Gasteiger partial charge on any atom is -0.339 e. The molecule has 1 amide bonds. The van der Waals surface area contributed by atoms with Gasteiger partial charge in [-0.05, 0) is 17.7 Å². The Balaban J connectivity index is 1.65. The highest BCUT2D eigenvalue weighted by molar-refractivity contribution is 5.91. The molecule has 0 radical (unpaired) electrons. The van der Waals surface area contributed by atoms with E-state index < -0.39 is 0 Å². The number of rotatable bonds is 5. The Bertz CT molecular complexity index is 789. The fraction of sp³-hybridized carbons (Fsp3) is 0.105. The van der Waals surface area contributed by atoms with Crippen molar-refractivity contribution in [3.63, 3.8) is 0 Å². The molecule has 0 aliphatic heterocycles. The van der Waals surface area contributed by atoms with Crippen LogP contribution in [0.15, 0.2) is 73.1 Å². The van der Waals surface area contributed by atoms with Crippen LogP contribution in [0.5, 0.6) is 0 Å². The molecule has 1 aromatic heterocycles. The zero-order valence-electron chi connectivity index (χ0n) is 13.4. The van der Waals surface area contributed by atoms with Crippen molar-refractivity contribution in [3.8, 4) is 0 Å². The Hall–Kier alpha value is -3.21. The average Bonchev–Trinajstić information content (AvgIpc) is 2.63. The first-order chi connectivity index (χ1) is 11.7. The van der Waals surface area contributed by atoms with Gasteiger partial charge in [-0.15, -0.1) is 0 Å². The van der Waals surface area contributed by atoms with Crippen LogP contribution in [0.2, 0.25) is 0 Å². The Morgan fingerprint density at radius 2 is 1.62 bits per heavy atom. The molecule has 3 rings (SSSR count). The van der Waals surface area contributed by atoms with Crippen LogP contribution in [0, 0.1) is 0 Å². The molecule has 0 aliphatic rings. The summed E-state index contributed by atoms with van der Waals surface area (Å²) in [5, 5.41) is 3.14. The normalized spacial score (nSPS) is 10.2. The van der Waals surface area contributed by atoms with Gasteiger partial charge in [-0.2, -0.15) is 0 Å². The van der Waals surface area contributed by atoms with Crippen molar-refractivity contribution in [1.82, 2.24) is 14.9 Å². The third-order valence-electron chi connectivity index (χ3n) is 3.53. The summed E-state index contributed by atoms with van der Waals surface area (Å²) in [4.78, 5) is 22.5. The molecular formula is C19H18N4O. The predicted molar refractivity (Wildman–Crippen MR) is 94.0 cm³/mol. The van der Waals surface area contributed by atoms with Crippen LogP contribution in [0.3, 0.4) is 0 Å². The number of amides is 1. The number of aromatic nitrogens is 2. The number of benzene rings is 2. The van der Waals surface area contributed by atoms with Gasteiger partial charge >= 0.3 is 0 Å². The van der Waals surface area contributed by atoms with Crippen LogP contribution in [-0.2, 0) is 6.54 Å². The minimum absolute atomic E-state index is 0.155. The molecule has 5 heteroatoms. The molecule has 0 spiro atoms. The van der Waals surface area contributed by atoms with E-state index in [1.165, 1.54) is 6.20 Å². The van der Waals surface area contributed by atoms with Crippen molar-refractivity contribution in [2.45, 2.75) is 6.54 Å². The molecule has 0 saturated carbocycles. The summed E-state index contributed by atoms with van der Waals surface area (Å²) in [6.07, 6.45) is 3.06. The number of anilines is 2. The summed E-state index contributed by atoms with van der Waals surface area (Å²) in [5.41, 5.74) is 2.32. The van der Waals surface area contributed by atoms with E-state index >= 15 is 0 Å². The van der Waals surface area contributed by atoms with E-state index in [-0.39, 0.29) is 5.91 Å². The fourth-order valence-corrected chi connectivity index (χ4v) is 2.30. The molecule has 1 heterocycles. The van der Waals surface area contributed by atoms with E-state index in [0.29, 0.717) is 18.1 Å². The van der Waals surface area contributed by atoms with Crippen molar-refractivity contribution in [2.75, 3.05) is 12.4 Å². The lowest BCUT2D eigenvalue weighted by atomic mass is 10.2. The van der Waals surface area contributed by atoms with E-state index in [1.807, 2.05) is 60.7 Å². The molecule has 1 N–H and O–H groups in total. The van der Waals surface area contributed by atoms with Crippen molar-refractivity contribution in [3.05, 3.63) is 84.3 Å². The molecule has 0 atom stereocenters. The summed E-state index contributed by atoms with van der Waals surface area (Å²) < 4.78 is 0. The number of hydrogen-bond acceptors (Lipinski definition) is 4. The van der Waals surface area contributed by atoms with Crippen molar-refractivity contribution in [1.29, 1.82) is 0 Å². The summed E-state index contributed by atoms with van der Waals surface area (Å²) in [6.45, 7) is 0.533. The second kappa shape index (κ2) is 7.37. The van der Waals surface area contributed by atoms with Gasteiger partial charge in [0.15, 0.2) is 0 Å². The quantitative estimate of drug-likeness (QED) is 0.782. The highest BCUT2D eigenvalue weighted by Crippen LogP contribution is 2.13. The van der Waals surface area contributed by atoms with Crippen LogP contribution in [-0.4, -0.2) is 27.8 Å². The smallest absolute Gasteiger partial charge is 0.274 e. The molecule has 0 bridgehead atoms. The van der Waals surface area contributed by atoms with E-state index in [4.69, 9.17) is 0 Å². The van der Waals surface area contributed by atoms with Gasteiger partial charge in [-0.1, -0.05) is 48.5 Å². The molecule has 3 aromatic rings. The summed E-state index contributed by atoms with van der Waals surface area (Å²) >= 11 is 0. The number of nitrogens with one attached hydrogen (secondary N) is 1. The zero-order chi connectivity index (χ0) is 16.8. The summed E-state index contributed by atoms with van der Waals surface area (Å²) in [7, 11) is 1.76. The molecule has 5 nitrogen and oxygen atoms in total. The maximum absolute atomic E-state index is 12.4. The first-order valence-electron chi connectivity index (χ1n) is 7.66. The van der Waals surface area contributed by atoms with Gasteiger partial charge in [-0.3, -0.25) is 4.79 Å². The zero-order valence-corrected chi connectivity index (χ0v) is 13.4. The Morgan fingerprint density at radius 1 is 0.958 bits per heavy atom. The lowest BCUT2D eigenvalue weighted by Gasteiger charge is -2.16. The third kappa shape index (κ3) is 3.95. The van der Waals surface area contributed by atoms with Gasteiger partial charge < -0.3 is 10.2 Å². The maximum atomic E-state index is 12.4. The largest absolute Gasteiger partial charge is 0.339 e. The molecule has 24 heavy (non-hydrogen) atoms. The van der Waals surface area contributed by atoms with Crippen LogP contribution in [0.4, 0.5) is 11.5 Å². The number of para-hydroxylation sites is 1. The second-order valence-corrected chi connectivity index (χ2v) is 5.42. The van der Waals surface area contributed by atoms with E-state index in [2.05, 4.69) is 15.3 Å². The van der Waals surface area contributed by atoms with Gasteiger partial charge in [-0.25, -0.2) is 9.97 Å². The predicted octanol–water partition coefficient (Wildman–Crippen LogP) is 3.49. The van der Waals surface area contributed by atoms with E-state index in [1.54, 1.807) is 18.1 Å². The molecule has 2 aromatic carbocycles. The highest BCUT2D eigenvalue weighted by Gasteiger charge is 2.14. The first-order valence-corrected chi connectivity index (χ1v) is 7.66. The van der Waals surface area contributed by atoms with Crippen LogP contribution >= 0.6 is 0 Å². The van der Waals surface area contributed by atoms with Crippen LogP contribution < -0.4 is 5.32 Å². The average molecular weight is 318 g/mol. The molecular weight excluding hydrogens is 300 g/mol. The monoisotopic (exact) mass is 318 g/mol. The number of carbonyl (C=O) groups is 1. The first kappa shape index (κ1) is 15.7. The SMILES string of the molecule is CN(Cc1ccccc1)C(=O)c1cnc(Nc2ccccc2)cn1. The number of carbonyl (C=O) groups excluding carboxylic acids is 1. The molecule has 0 saturated heterocycles. The number of hydrogen-bond donors (Lipinski definition) is 1. The standard InChI is InChI=1S/C19H18N4O/c1-23(14-15-8-4-2-5-9-15)19(24)17-12-21-18(13-20-17)22-16-10-6-3-7-11-16/h2-13H,14H2,1H3,(H,21,22). The Morgan fingerprint density at radius 3 is 2.25 bits per heavy atom. The van der Waals surface area contributed by atoms with Gasteiger partial charge in [0.1, 0.15) is 11.5 Å². The van der Waals surface area contributed by atoms with Gasteiger partial charge in [0.05, 0.1) is 12.4 Å². The third-order valence-corrected chi connectivity index (χ3v) is 3.53. The van der Waals surface area contributed by atoms with Gasteiger partial charge in [0.25, 0.3) is 5.91 Å². The molecule has 0 fully saturated rings. The topological polar surface area (TPSA) is 58.1 Å². The van der Waals surface area contributed by atoms with Crippen molar-refractivity contribution < 1.29 is 4.79 Å². The lowest BCUT2D eigenvalue weighted by Crippen LogP contribution is -2.27. The van der Waals surface area contributed by atoms with E-state index in [9.17, 15) is 4.79 Å². The fourth-order valence-electron chi connectivity index (χ4n) is 2.30. The highest BCUT2D eigenvalue weighted by atomic mass is 16.2. The van der Waals surface area contributed by atoms with Crippen LogP contribution in [0.1, 0.15) is 16.1 Å². The minimum atomic E-state index is -0.155. The van der Waals surface area contributed by atoms with Gasteiger partial charge in [0, 0.05) is 19.3 Å². The van der Waals surface area contributed by atoms with Crippen molar-refractivity contribution in [2.24, 2.45) is 0 Å². The van der Waals surface area contributed by atoms with Crippen LogP contribution in [0.25, 0.3) is 0 Å². The summed E-state index contributed by atoms with van der Waals surface area (Å²) in [5.74, 6) is 0.445. The number of nitrogens with zero attached hydrogens (tertiary/aromatic N) is 3. The Labute approximate surface area is 141 Å². The molecule has 0 unspecified atom stereocenters. The van der Waals surface area contributed by atoms with Gasteiger partial charge in [0.2, 0.25) is 0 Å². The maximum Gasteiger partial charge on any atom is 0.274 e. The Kier molecular flexibility index (Phi) is 4.81. The summed E-state index contributed by atoms with van der Waals surface area (Å²) in [6, 6.07) is 19.5. The van der Waals surface area contributed by atoms with Crippen molar-refractivity contribution >= 4 is 17.4 Å². The van der Waals surface area contributed by atoms with E-state index in [0.717, 1.165) is 11.3 Å². The molecule has 120 valence electrons. The molecule has 0 aliphatic carbocycles.